The maximum Gasteiger partial charge on any atom is 0.328 e. The summed E-state index contributed by atoms with van der Waals surface area (Å²) in [7, 11) is 0. The van der Waals surface area contributed by atoms with Gasteiger partial charge < -0.3 is 10.1 Å². The molecule has 0 aliphatic heterocycles. The van der Waals surface area contributed by atoms with Gasteiger partial charge in [0.15, 0.2) is 6.10 Å². The first kappa shape index (κ1) is 16.9. The van der Waals surface area contributed by atoms with Gasteiger partial charge in [0.25, 0.3) is 5.91 Å². The summed E-state index contributed by atoms with van der Waals surface area (Å²) in [6, 6.07) is 2.86. The molecular weight excluding hydrogens is 327 g/mol. The van der Waals surface area contributed by atoms with E-state index in [0.29, 0.717) is 0 Å². The Kier molecular flexibility index (Phi) is 5.09. The Balaban J connectivity index is 1.95. The predicted molar refractivity (Wildman–Crippen MR) is 75.1 cm³/mol. The van der Waals surface area contributed by atoms with Crippen LogP contribution in [0.4, 0.5) is 15.8 Å². The zero-order valence-electron chi connectivity index (χ0n) is 12.2. The van der Waals surface area contributed by atoms with Crippen molar-refractivity contribution in [3.8, 4) is 0 Å². The molecule has 126 valence electrons. The Morgan fingerprint density at radius 3 is 2.88 bits per heavy atom. The fourth-order valence-corrected chi connectivity index (χ4v) is 1.65. The van der Waals surface area contributed by atoms with Crippen LogP contribution in [0.1, 0.15) is 6.92 Å². The second-order valence-corrected chi connectivity index (χ2v) is 4.55. The van der Waals surface area contributed by atoms with Gasteiger partial charge in [-0.1, -0.05) is 0 Å². The Morgan fingerprint density at radius 1 is 1.50 bits per heavy atom. The molecular formula is C12H11FN6O5. The van der Waals surface area contributed by atoms with E-state index in [1.54, 1.807) is 0 Å². The summed E-state index contributed by atoms with van der Waals surface area (Å²) in [5.74, 6) is -2.52. The number of hydrogen-bond donors (Lipinski definition) is 1. The van der Waals surface area contributed by atoms with Crippen molar-refractivity contribution in [1.82, 2.24) is 20.2 Å². The first-order chi connectivity index (χ1) is 11.4. The Morgan fingerprint density at radius 2 is 2.25 bits per heavy atom. The third kappa shape index (κ3) is 4.28. The van der Waals surface area contributed by atoms with Gasteiger partial charge >= 0.3 is 11.7 Å². The molecule has 11 nitrogen and oxygen atoms in total. The molecule has 0 saturated heterocycles. The number of aromatic nitrogens is 4. The molecule has 1 atom stereocenters. The van der Waals surface area contributed by atoms with Gasteiger partial charge in [-0.25, -0.2) is 4.68 Å². The highest BCUT2D eigenvalue weighted by atomic mass is 19.1. The summed E-state index contributed by atoms with van der Waals surface area (Å²) in [4.78, 5) is 33.3. The summed E-state index contributed by atoms with van der Waals surface area (Å²) < 4.78 is 19.2. The highest BCUT2D eigenvalue weighted by molar-refractivity contribution is 5.95. The maximum atomic E-state index is 13.2. The van der Waals surface area contributed by atoms with Gasteiger partial charge in [-0.05, 0) is 29.5 Å². The zero-order chi connectivity index (χ0) is 17.7. The summed E-state index contributed by atoms with van der Waals surface area (Å²) in [6.07, 6.45) is 0.0157. The van der Waals surface area contributed by atoms with Crippen molar-refractivity contribution < 1.29 is 23.6 Å². The number of rotatable bonds is 6. The van der Waals surface area contributed by atoms with E-state index in [1.165, 1.54) is 13.3 Å². The lowest BCUT2D eigenvalue weighted by atomic mass is 10.2. The third-order valence-electron chi connectivity index (χ3n) is 2.77. The Hall–Kier alpha value is -3.44. The number of halogens is 1. The number of amides is 1. The number of carbonyl (C=O) groups excluding carboxylic acids is 2. The topological polar surface area (TPSA) is 142 Å². The van der Waals surface area contributed by atoms with Gasteiger partial charge in [0.1, 0.15) is 12.9 Å². The molecule has 1 unspecified atom stereocenters. The van der Waals surface area contributed by atoms with Crippen molar-refractivity contribution in [1.29, 1.82) is 0 Å². The predicted octanol–water partition coefficient (Wildman–Crippen LogP) is 0.291. The van der Waals surface area contributed by atoms with Crippen molar-refractivity contribution in [2.24, 2.45) is 0 Å². The fourth-order valence-electron chi connectivity index (χ4n) is 1.65. The van der Waals surface area contributed by atoms with Gasteiger partial charge in [0, 0.05) is 11.8 Å². The van der Waals surface area contributed by atoms with E-state index < -0.39 is 34.4 Å². The van der Waals surface area contributed by atoms with E-state index in [2.05, 4.69) is 20.8 Å². The van der Waals surface area contributed by atoms with Crippen LogP contribution >= 0.6 is 0 Å². The molecule has 0 aliphatic rings. The Labute approximate surface area is 133 Å². The molecule has 0 fully saturated rings. The summed E-state index contributed by atoms with van der Waals surface area (Å²) >= 11 is 0. The fraction of sp³-hybridized carbons (Fsp3) is 0.250. The average Bonchev–Trinajstić information content (AvgIpc) is 3.01. The minimum Gasteiger partial charge on any atom is -0.451 e. The number of esters is 1. The van der Waals surface area contributed by atoms with Gasteiger partial charge in [-0.15, -0.1) is 5.10 Å². The third-order valence-corrected chi connectivity index (χ3v) is 2.77. The van der Waals surface area contributed by atoms with Crippen LogP contribution in [0.15, 0.2) is 24.5 Å². The van der Waals surface area contributed by atoms with E-state index in [9.17, 15) is 24.1 Å². The van der Waals surface area contributed by atoms with Gasteiger partial charge in [-0.2, -0.15) is 4.39 Å². The monoisotopic (exact) mass is 338 g/mol. The lowest BCUT2D eigenvalue weighted by Gasteiger charge is -2.13. The molecule has 12 heteroatoms. The maximum absolute atomic E-state index is 13.2. The van der Waals surface area contributed by atoms with E-state index in [0.717, 1.165) is 22.9 Å². The summed E-state index contributed by atoms with van der Waals surface area (Å²) in [5, 5.41) is 23.1. The molecule has 24 heavy (non-hydrogen) atoms. The van der Waals surface area contributed by atoms with Crippen LogP contribution in [0.2, 0.25) is 0 Å². The number of hydrogen-bond acceptors (Lipinski definition) is 8. The number of anilines is 1. The summed E-state index contributed by atoms with van der Waals surface area (Å²) in [5.41, 5.74) is -0.785. The van der Waals surface area contributed by atoms with E-state index in [-0.39, 0.29) is 12.2 Å². The lowest BCUT2D eigenvalue weighted by Crippen LogP contribution is -2.31. The quantitative estimate of drug-likeness (QED) is 0.450. The lowest BCUT2D eigenvalue weighted by molar-refractivity contribution is -0.387. The molecule has 2 aromatic rings. The molecule has 1 N–H and O–H groups in total. The molecule has 0 saturated carbocycles. The van der Waals surface area contributed by atoms with E-state index in [4.69, 9.17) is 4.74 Å². The highest BCUT2D eigenvalue weighted by Gasteiger charge is 2.20. The number of tetrazole rings is 1. The number of nitrogens with one attached hydrogen (secondary N) is 1. The SMILES string of the molecule is CC(OC(=O)Cn1cnnn1)C(=O)Nc1ccc(F)c([N+](=O)[O-])c1. The van der Waals surface area contributed by atoms with Crippen molar-refractivity contribution in [2.75, 3.05) is 5.32 Å². The van der Waals surface area contributed by atoms with Gasteiger partial charge in [-0.3, -0.25) is 19.7 Å². The minimum absolute atomic E-state index is 0.00326. The molecule has 1 heterocycles. The molecule has 0 aliphatic carbocycles. The normalized spacial score (nSPS) is 11.6. The standard InChI is InChI=1S/C12H11FN6O5/c1-7(24-11(20)5-18-6-14-16-17-18)12(21)15-8-2-3-9(13)10(4-8)19(22)23/h2-4,6-7H,5H2,1H3,(H,15,21). The van der Waals surface area contributed by atoms with Crippen LogP contribution in [0.25, 0.3) is 0 Å². The number of ether oxygens (including phenoxy) is 1. The van der Waals surface area contributed by atoms with Crippen LogP contribution in [0.5, 0.6) is 0 Å². The molecule has 0 radical (unpaired) electrons. The second-order valence-electron chi connectivity index (χ2n) is 4.55. The number of nitrogens with zero attached hydrogens (tertiary/aromatic N) is 5. The largest absolute Gasteiger partial charge is 0.451 e. The number of benzene rings is 1. The second kappa shape index (κ2) is 7.21. The van der Waals surface area contributed by atoms with Gasteiger partial charge in [0.05, 0.1) is 4.92 Å². The molecule has 0 spiro atoms. The molecule has 2 rings (SSSR count). The van der Waals surface area contributed by atoms with E-state index in [1.807, 2.05) is 0 Å². The smallest absolute Gasteiger partial charge is 0.328 e. The van der Waals surface area contributed by atoms with Crippen molar-refractivity contribution in [3.63, 3.8) is 0 Å². The Bertz CT molecular complexity index is 765. The average molecular weight is 338 g/mol. The van der Waals surface area contributed by atoms with Crippen molar-refractivity contribution >= 4 is 23.3 Å². The van der Waals surface area contributed by atoms with Crippen LogP contribution in [-0.2, 0) is 20.9 Å². The molecule has 1 amide bonds. The first-order valence-corrected chi connectivity index (χ1v) is 6.52. The molecule has 1 aromatic carbocycles. The van der Waals surface area contributed by atoms with Crippen molar-refractivity contribution in [2.45, 2.75) is 19.6 Å². The zero-order valence-corrected chi connectivity index (χ0v) is 12.2. The van der Waals surface area contributed by atoms with Gasteiger partial charge in [0.2, 0.25) is 5.82 Å². The minimum atomic E-state index is -1.18. The van der Waals surface area contributed by atoms with Crippen LogP contribution in [-0.4, -0.2) is 43.1 Å². The van der Waals surface area contributed by atoms with Crippen LogP contribution in [0.3, 0.4) is 0 Å². The number of carbonyl (C=O) groups is 2. The number of nitro groups is 1. The first-order valence-electron chi connectivity index (χ1n) is 6.52. The molecule has 1 aromatic heterocycles. The highest BCUT2D eigenvalue weighted by Crippen LogP contribution is 2.21. The number of nitro benzene ring substituents is 1. The van der Waals surface area contributed by atoms with Crippen LogP contribution < -0.4 is 5.32 Å². The summed E-state index contributed by atoms with van der Waals surface area (Å²) in [6.45, 7) is 1.03. The van der Waals surface area contributed by atoms with Crippen molar-refractivity contribution in [3.05, 3.63) is 40.5 Å². The van der Waals surface area contributed by atoms with E-state index >= 15 is 0 Å². The van der Waals surface area contributed by atoms with Crippen LogP contribution in [0, 0.1) is 15.9 Å². The molecule has 0 bridgehead atoms.